The molecule has 1 atom stereocenters. The summed E-state index contributed by atoms with van der Waals surface area (Å²) in [4.78, 5) is 0.131. The topological polar surface area (TPSA) is 61.1 Å². The fourth-order valence-electron chi connectivity index (χ4n) is 0.758. The summed E-state index contributed by atoms with van der Waals surface area (Å²) in [5.41, 5.74) is 0.207. The van der Waals surface area contributed by atoms with Crippen LogP contribution in [0.5, 0.6) is 0 Å². The highest BCUT2D eigenvalue weighted by Gasteiger charge is 2.09. The molecule has 0 aromatic heterocycles. The van der Waals surface area contributed by atoms with Crippen molar-refractivity contribution in [2.45, 2.75) is 4.90 Å². The number of nitriles is 1. The van der Waals surface area contributed by atoms with E-state index in [0.29, 0.717) is 4.47 Å². The Labute approximate surface area is 80.4 Å². The third kappa shape index (κ3) is 1.72. The van der Waals surface area contributed by atoms with Crippen molar-refractivity contribution < 1.29 is 8.76 Å². The molecule has 0 aliphatic carbocycles. The Hall–Kier alpha value is -0.700. The van der Waals surface area contributed by atoms with E-state index < -0.39 is 11.1 Å². The van der Waals surface area contributed by atoms with Crippen molar-refractivity contribution in [2.24, 2.45) is 0 Å². The maximum Gasteiger partial charge on any atom is 0.187 e. The smallest absolute Gasteiger partial charge is 0.187 e. The lowest BCUT2D eigenvalue weighted by Crippen LogP contribution is -1.93. The van der Waals surface area contributed by atoms with Gasteiger partial charge in [0.15, 0.2) is 11.1 Å². The average molecular weight is 246 g/mol. The first-order chi connectivity index (χ1) is 5.66. The molecule has 1 unspecified atom stereocenters. The highest BCUT2D eigenvalue weighted by Crippen LogP contribution is 2.21. The van der Waals surface area contributed by atoms with Crippen LogP contribution in [-0.4, -0.2) is 8.76 Å². The van der Waals surface area contributed by atoms with E-state index in [0.717, 1.165) is 0 Å². The van der Waals surface area contributed by atoms with E-state index in [1.807, 2.05) is 6.07 Å². The van der Waals surface area contributed by atoms with Gasteiger partial charge in [0.05, 0.1) is 10.5 Å². The molecule has 1 aromatic rings. The van der Waals surface area contributed by atoms with E-state index >= 15 is 0 Å². The zero-order valence-electron chi connectivity index (χ0n) is 5.82. The maximum atomic E-state index is 10.7. The van der Waals surface area contributed by atoms with Crippen molar-refractivity contribution in [1.29, 1.82) is 5.26 Å². The van der Waals surface area contributed by atoms with Crippen LogP contribution in [0.3, 0.4) is 0 Å². The summed E-state index contributed by atoms with van der Waals surface area (Å²) in [6.07, 6.45) is 0. The molecule has 0 aliphatic heterocycles. The molecule has 1 rings (SSSR count). The van der Waals surface area contributed by atoms with Gasteiger partial charge in [0.2, 0.25) is 0 Å². The molecule has 5 heteroatoms. The van der Waals surface area contributed by atoms with E-state index in [1.165, 1.54) is 6.07 Å². The minimum atomic E-state index is -2.10. The molecule has 0 radical (unpaired) electrons. The fourth-order valence-corrected chi connectivity index (χ4v) is 1.87. The Morgan fingerprint density at radius 1 is 1.58 bits per heavy atom. The van der Waals surface area contributed by atoms with Crippen LogP contribution >= 0.6 is 15.9 Å². The van der Waals surface area contributed by atoms with Crippen LogP contribution in [0.2, 0.25) is 0 Å². The summed E-state index contributed by atoms with van der Waals surface area (Å²) in [6, 6.07) is 6.54. The zero-order chi connectivity index (χ0) is 9.14. The van der Waals surface area contributed by atoms with Gasteiger partial charge >= 0.3 is 0 Å². The van der Waals surface area contributed by atoms with Crippen molar-refractivity contribution in [2.75, 3.05) is 0 Å². The van der Waals surface area contributed by atoms with Crippen LogP contribution in [0.1, 0.15) is 5.56 Å². The fraction of sp³-hybridized carbons (Fsp3) is 0. The largest absolute Gasteiger partial charge is 0.302 e. The van der Waals surface area contributed by atoms with E-state index in [9.17, 15) is 4.21 Å². The Balaban J connectivity index is 3.40. The molecule has 12 heavy (non-hydrogen) atoms. The molecule has 62 valence electrons. The SMILES string of the molecule is N#Cc1c(Br)cccc1S(=O)O. The summed E-state index contributed by atoms with van der Waals surface area (Å²) in [7, 11) is 0. The standard InChI is InChI=1S/C7H4BrNO2S/c8-6-2-1-3-7(12(10)11)5(6)4-9/h1-3H,(H,10,11). The molecule has 3 nitrogen and oxygen atoms in total. The summed E-state index contributed by atoms with van der Waals surface area (Å²) in [5, 5.41) is 8.62. The Morgan fingerprint density at radius 2 is 2.25 bits per heavy atom. The summed E-state index contributed by atoms with van der Waals surface area (Å²) in [6.45, 7) is 0. The molecule has 0 amide bonds. The Kier molecular flexibility index (Phi) is 2.98. The predicted octanol–water partition coefficient (Wildman–Crippen LogP) is 1.90. The van der Waals surface area contributed by atoms with E-state index in [-0.39, 0.29) is 10.5 Å². The first kappa shape index (κ1) is 9.39. The third-order valence-electron chi connectivity index (χ3n) is 1.28. The lowest BCUT2D eigenvalue weighted by Gasteiger charge is -1.99. The van der Waals surface area contributed by atoms with Gasteiger partial charge in [-0.25, -0.2) is 4.21 Å². The maximum absolute atomic E-state index is 10.7. The van der Waals surface area contributed by atoms with Gasteiger partial charge in [-0.05, 0) is 28.1 Å². The minimum absolute atomic E-state index is 0.131. The number of hydrogen-bond acceptors (Lipinski definition) is 2. The van der Waals surface area contributed by atoms with Crippen LogP contribution in [0.25, 0.3) is 0 Å². The lowest BCUT2D eigenvalue weighted by atomic mass is 10.2. The molecule has 0 saturated carbocycles. The van der Waals surface area contributed by atoms with E-state index in [4.69, 9.17) is 9.81 Å². The van der Waals surface area contributed by atoms with Crippen LogP contribution in [0, 0.1) is 11.3 Å². The van der Waals surface area contributed by atoms with Crippen LogP contribution in [0.4, 0.5) is 0 Å². The second kappa shape index (κ2) is 3.81. The van der Waals surface area contributed by atoms with Crippen molar-refractivity contribution in [3.8, 4) is 6.07 Å². The Bertz CT molecular complexity index is 372. The molecule has 0 spiro atoms. The van der Waals surface area contributed by atoms with Crippen LogP contribution < -0.4 is 0 Å². The summed E-state index contributed by atoms with van der Waals surface area (Å²) in [5.74, 6) is 0. The second-order valence-electron chi connectivity index (χ2n) is 1.97. The normalized spacial score (nSPS) is 12.1. The molecule has 0 bridgehead atoms. The molecular formula is C7H4BrNO2S. The van der Waals surface area contributed by atoms with Crippen LogP contribution in [0.15, 0.2) is 27.6 Å². The van der Waals surface area contributed by atoms with Gasteiger partial charge < -0.3 is 4.55 Å². The molecule has 0 saturated heterocycles. The number of benzene rings is 1. The van der Waals surface area contributed by atoms with Crippen LogP contribution in [-0.2, 0) is 11.1 Å². The lowest BCUT2D eigenvalue weighted by molar-refractivity contribution is 0.564. The highest BCUT2D eigenvalue weighted by atomic mass is 79.9. The summed E-state index contributed by atoms with van der Waals surface area (Å²) < 4.78 is 20.0. The molecule has 0 aliphatic rings. The van der Waals surface area contributed by atoms with E-state index in [1.54, 1.807) is 12.1 Å². The highest BCUT2D eigenvalue weighted by molar-refractivity contribution is 9.10. The first-order valence-electron chi connectivity index (χ1n) is 2.96. The van der Waals surface area contributed by atoms with Gasteiger partial charge in [-0.2, -0.15) is 5.26 Å². The average Bonchev–Trinajstić information content (AvgIpc) is 2.03. The third-order valence-corrected chi connectivity index (χ3v) is 2.65. The second-order valence-corrected chi connectivity index (χ2v) is 3.77. The molecule has 1 aromatic carbocycles. The van der Waals surface area contributed by atoms with Crippen molar-refractivity contribution in [1.82, 2.24) is 0 Å². The van der Waals surface area contributed by atoms with Gasteiger partial charge in [-0.1, -0.05) is 6.07 Å². The molecule has 0 fully saturated rings. The first-order valence-corrected chi connectivity index (χ1v) is 4.86. The number of nitrogens with zero attached hydrogens (tertiary/aromatic N) is 1. The number of hydrogen-bond donors (Lipinski definition) is 1. The predicted molar refractivity (Wildman–Crippen MR) is 47.9 cm³/mol. The zero-order valence-corrected chi connectivity index (χ0v) is 8.22. The molecule has 1 N–H and O–H groups in total. The van der Waals surface area contributed by atoms with Gasteiger partial charge in [0.25, 0.3) is 0 Å². The monoisotopic (exact) mass is 245 g/mol. The van der Waals surface area contributed by atoms with Crippen molar-refractivity contribution in [3.05, 3.63) is 28.2 Å². The van der Waals surface area contributed by atoms with Gasteiger partial charge in [0.1, 0.15) is 6.07 Å². The van der Waals surface area contributed by atoms with Crippen molar-refractivity contribution >= 4 is 27.0 Å². The van der Waals surface area contributed by atoms with Gasteiger partial charge in [-0.15, -0.1) is 0 Å². The quantitative estimate of drug-likeness (QED) is 0.770. The molecule has 0 heterocycles. The van der Waals surface area contributed by atoms with Crippen molar-refractivity contribution in [3.63, 3.8) is 0 Å². The number of rotatable bonds is 1. The molecular weight excluding hydrogens is 242 g/mol. The Morgan fingerprint density at radius 3 is 2.67 bits per heavy atom. The van der Waals surface area contributed by atoms with Gasteiger partial charge in [-0.3, -0.25) is 0 Å². The summed E-state index contributed by atoms with van der Waals surface area (Å²) >= 11 is 1.00. The van der Waals surface area contributed by atoms with E-state index in [2.05, 4.69) is 15.9 Å². The number of halogens is 1. The van der Waals surface area contributed by atoms with Gasteiger partial charge in [0, 0.05) is 4.47 Å². The minimum Gasteiger partial charge on any atom is -0.302 e.